The third kappa shape index (κ3) is 2.59. The third-order valence-corrected chi connectivity index (χ3v) is 7.58. The number of carbonyl (C=O) groups is 1. The second-order valence-corrected chi connectivity index (χ2v) is 9.00. The highest BCUT2D eigenvalue weighted by molar-refractivity contribution is 5.95. The average molecular weight is 398 g/mol. The van der Waals surface area contributed by atoms with Crippen LogP contribution in [0.25, 0.3) is 0 Å². The molecular formula is C22H24F2N4O. The van der Waals surface area contributed by atoms with Crippen molar-refractivity contribution in [2.24, 2.45) is 5.92 Å². The van der Waals surface area contributed by atoms with Crippen molar-refractivity contribution < 1.29 is 13.6 Å². The quantitative estimate of drug-likeness (QED) is 0.847. The fourth-order valence-corrected chi connectivity index (χ4v) is 6.37. The van der Waals surface area contributed by atoms with Gasteiger partial charge in [0.15, 0.2) is 5.69 Å². The van der Waals surface area contributed by atoms with Crippen molar-refractivity contribution in [3.8, 4) is 0 Å². The molecule has 1 aromatic heterocycles. The minimum Gasteiger partial charge on any atom is -0.332 e. The van der Waals surface area contributed by atoms with E-state index in [9.17, 15) is 13.6 Å². The average Bonchev–Trinajstić information content (AvgIpc) is 3.42. The number of hydrogen-bond donors (Lipinski definition) is 1. The Hall–Kier alpha value is -2.28. The molecule has 5 heterocycles. The number of nitrogens with one attached hydrogen (secondary N) is 1. The summed E-state index contributed by atoms with van der Waals surface area (Å²) in [5.74, 6) is -0.758. The number of halogens is 2. The molecule has 4 saturated heterocycles. The topological polar surface area (TPSA) is 52.2 Å². The van der Waals surface area contributed by atoms with Gasteiger partial charge in [0.25, 0.3) is 5.91 Å². The van der Waals surface area contributed by atoms with E-state index < -0.39 is 11.6 Å². The van der Waals surface area contributed by atoms with E-state index in [1.54, 1.807) is 0 Å². The van der Waals surface area contributed by atoms with Gasteiger partial charge in [-0.1, -0.05) is 0 Å². The Labute approximate surface area is 168 Å². The molecule has 0 saturated carbocycles. The molecular weight excluding hydrogens is 374 g/mol. The first kappa shape index (κ1) is 17.6. The lowest BCUT2D eigenvalue weighted by Gasteiger charge is -2.51. The Morgan fingerprint density at radius 1 is 1.07 bits per heavy atom. The highest BCUT2D eigenvalue weighted by Crippen LogP contribution is 2.47. The molecule has 29 heavy (non-hydrogen) atoms. The Balaban J connectivity index is 1.40. The van der Waals surface area contributed by atoms with Crippen LogP contribution in [0.5, 0.6) is 0 Å². The maximum atomic E-state index is 14.0. The number of carbonyl (C=O) groups excluding carboxylic acids is 1. The number of likely N-dealkylation sites (tertiary alicyclic amines) is 1. The van der Waals surface area contributed by atoms with Gasteiger partial charge in [0.05, 0.1) is 6.04 Å². The summed E-state index contributed by atoms with van der Waals surface area (Å²) in [6.45, 7) is 2.49. The summed E-state index contributed by atoms with van der Waals surface area (Å²) in [4.78, 5) is 18.0. The van der Waals surface area contributed by atoms with Crippen LogP contribution >= 0.6 is 0 Å². The SMILES string of the molecule is O=C(c1n[nH]c2c1CCC2)N1C[C@H](c2cc(F)cc(F)c2)[C@@H]2[C@H]1C1CCN2CC1. The van der Waals surface area contributed by atoms with Crippen molar-refractivity contribution in [1.29, 1.82) is 0 Å². The number of hydrogen-bond acceptors (Lipinski definition) is 3. The Morgan fingerprint density at radius 2 is 1.83 bits per heavy atom. The maximum Gasteiger partial charge on any atom is 0.274 e. The number of benzene rings is 1. The normalized spacial score (nSPS) is 32.5. The molecule has 2 aromatic rings. The molecule has 7 rings (SSSR count). The van der Waals surface area contributed by atoms with Crippen molar-refractivity contribution in [2.45, 2.75) is 50.1 Å². The van der Waals surface area contributed by atoms with Crippen molar-refractivity contribution in [2.75, 3.05) is 19.6 Å². The van der Waals surface area contributed by atoms with E-state index in [2.05, 4.69) is 15.1 Å². The number of H-pyrrole nitrogens is 1. The minimum atomic E-state index is -0.553. The van der Waals surface area contributed by atoms with Gasteiger partial charge in [-0.3, -0.25) is 14.8 Å². The van der Waals surface area contributed by atoms with E-state index in [4.69, 9.17) is 0 Å². The van der Waals surface area contributed by atoms with Gasteiger partial charge >= 0.3 is 0 Å². The molecule has 152 valence electrons. The number of aryl methyl sites for hydroxylation is 1. The van der Waals surface area contributed by atoms with Crippen LogP contribution < -0.4 is 0 Å². The van der Waals surface area contributed by atoms with Crippen LogP contribution in [0.15, 0.2) is 18.2 Å². The molecule has 1 amide bonds. The third-order valence-electron chi connectivity index (χ3n) is 7.58. The van der Waals surface area contributed by atoms with E-state index in [0.717, 1.165) is 62.5 Å². The molecule has 4 fully saturated rings. The standard InChI is InChI=1S/C22H24F2N4O/c23-14-8-13(9-15(24)10-14)17-11-28(20-12-4-6-27(7-5-12)21(17)20)22(29)19-16-2-1-3-18(16)25-26-19/h8-10,12,17,20-21H,1-7,11H2,(H,25,26)/t17-,20-,21-/m1/s1. The van der Waals surface area contributed by atoms with Crippen LogP contribution in [0.2, 0.25) is 0 Å². The molecule has 5 aliphatic rings. The van der Waals surface area contributed by atoms with Crippen LogP contribution in [-0.2, 0) is 12.8 Å². The first-order chi connectivity index (χ1) is 14.1. The summed E-state index contributed by atoms with van der Waals surface area (Å²) in [5.41, 5.74) is 3.36. The Kier molecular flexibility index (Phi) is 3.85. The number of aromatic amines is 1. The zero-order valence-corrected chi connectivity index (χ0v) is 16.2. The van der Waals surface area contributed by atoms with E-state index in [-0.39, 0.29) is 23.9 Å². The summed E-state index contributed by atoms with van der Waals surface area (Å²) in [7, 11) is 0. The number of amides is 1. The van der Waals surface area contributed by atoms with Gasteiger partial charge in [0.2, 0.25) is 0 Å². The van der Waals surface area contributed by atoms with E-state index in [0.29, 0.717) is 23.7 Å². The van der Waals surface area contributed by atoms with Crippen LogP contribution in [0.1, 0.15) is 52.5 Å². The molecule has 1 N–H and O–H groups in total. The van der Waals surface area contributed by atoms with Gasteiger partial charge in [0.1, 0.15) is 11.6 Å². The molecule has 2 bridgehead atoms. The largest absolute Gasteiger partial charge is 0.332 e. The molecule has 0 radical (unpaired) electrons. The highest BCUT2D eigenvalue weighted by atomic mass is 19.1. The summed E-state index contributed by atoms with van der Waals surface area (Å²) >= 11 is 0. The first-order valence-electron chi connectivity index (χ1n) is 10.7. The zero-order valence-electron chi connectivity index (χ0n) is 16.2. The van der Waals surface area contributed by atoms with Gasteiger partial charge < -0.3 is 4.90 Å². The van der Waals surface area contributed by atoms with Crippen LogP contribution in [0, 0.1) is 17.6 Å². The van der Waals surface area contributed by atoms with Gasteiger partial charge in [-0.25, -0.2) is 8.78 Å². The summed E-state index contributed by atoms with van der Waals surface area (Å²) in [6.07, 6.45) is 5.05. The lowest BCUT2D eigenvalue weighted by Crippen LogP contribution is -2.60. The predicted octanol–water partition coefficient (Wildman–Crippen LogP) is 2.88. The second kappa shape index (κ2) is 6.36. The second-order valence-electron chi connectivity index (χ2n) is 9.00. The number of fused-ring (bicyclic) bond motifs is 3. The van der Waals surface area contributed by atoms with Crippen molar-refractivity contribution in [3.05, 3.63) is 52.3 Å². The smallest absolute Gasteiger partial charge is 0.274 e. The number of piperidine rings is 3. The van der Waals surface area contributed by atoms with E-state index >= 15 is 0 Å². The molecule has 1 aliphatic carbocycles. The molecule has 4 aliphatic heterocycles. The molecule has 1 aromatic carbocycles. The van der Waals surface area contributed by atoms with Gasteiger partial charge in [-0.15, -0.1) is 0 Å². The summed E-state index contributed by atoms with van der Waals surface area (Å²) in [6, 6.07) is 4.01. The molecule has 5 nitrogen and oxygen atoms in total. The lowest BCUT2D eigenvalue weighted by molar-refractivity contribution is -0.00364. The molecule has 0 spiro atoms. The van der Waals surface area contributed by atoms with Crippen molar-refractivity contribution in [3.63, 3.8) is 0 Å². The van der Waals surface area contributed by atoms with E-state index in [1.165, 1.54) is 12.1 Å². The van der Waals surface area contributed by atoms with E-state index in [1.807, 2.05) is 4.90 Å². The Morgan fingerprint density at radius 3 is 2.59 bits per heavy atom. The van der Waals surface area contributed by atoms with Gasteiger partial charge in [-0.2, -0.15) is 5.10 Å². The molecule has 0 unspecified atom stereocenters. The van der Waals surface area contributed by atoms with Crippen LogP contribution in [-0.4, -0.2) is 57.6 Å². The number of rotatable bonds is 2. The molecule has 7 heteroatoms. The maximum absolute atomic E-state index is 14.0. The van der Waals surface area contributed by atoms with Crippen molar-refractivity contribution >= 4 is 5.91 Å². The van der Waals surface area contributed by atoms with Crippen LogP contribution in [0.3, 0.4) is 0 Å². The summed E-state index contributed by atoms with van der Waals surface area (Å²) in [5, 5.41) is 7.41. The lowest BCUT2D eigenvalue weighted by atomic mass is 9.75. The fourth-order valence-electron chi connectivity index (χ4n) is 6.37. The monoisotopic (exact) mass is 398 g/mol. The summed E-state index contributed by atoms with van der Waals surface area (Å²) < 4.78 is 27.9. The minimum absolute atomic E-state index is 0.0208. The predicted molar refractivity (Wildman–Crippen MR) is 103 cm³/mol. The fraction of sp³-hybridized carbons (Fsp3) is 0.545. The van der Waals surface area contributed by atoms with Gasteiger partial charge in [-0.05, 0) is 68.8 Å². The Bertz CT molecular complexity index is 961. The van der Waals surface area contributed by atoms with Crippen LogP contribution in [0.4, 0.5) is 8.78 Å². The molecule has 3 atom stereocenters. The van der Waals surface area contributed by atoms with Crippen molar-refractivity contribution in [1.82, 2.24) is 20.0 Å². The number of nitrogens with zero attached hydrogens (tertiary/aromatic N) is 3. The number of aromatic nitrogens is 2. The van der Waals surface area contributed by atoms with Gasteiger partial charge in [0, 0.05) is 35.8 Å². The zero-order chi connectivity index (χ0) is 19.7. The first-order valence-corrected chi connectivity index (χ1v) is 10.7. The highest BCUT2D eigenvalue weighted by Gasteiger charge is 2.55.